The first kappa shape index (κ1) is 15.4. The van der Waals surface area contributed by atoms with Crippen molar-refractivity contribution in [3.8, 4) is 11.5 Å². The molecule has 1 aliphatic rings. The fourth-order valence-corrected chi connectivity index (χ4v) is 2.94. The molecule has 0 amide bonds. The Kier molecular flexibility index (Phi) is 4.17. The molecule has 0 saturated carbocycles. The Hall–Kier alpha value is -3.14. The number of hydrogen-bond donors (Lipinski definition) is 0. The molecule has 0 aliphatic carbocycles. The first-order valence-electron chi connectivity index (χ1n) is 8.23. The van der Waals surface area contributed by atoms with E-state index >= 15 is 0 Å². The number of carbonyl (C=O) groups is 1. The molecule has 25 heavy (non-hydrogen) atoms. The minimum Gasteiger partial charge on any atom is -0.492 e. The molecule has 4 heteroatoms. The van der Waals surface area contributed by atoms with Gasteiger partial charge < -0.3 is 9.47 Å². The monoisotopic (exact) mass is 331 g/mol. The lowest BCUT2D eigenvalue weighted by atomic mass is 10.0. The Bertz CT molecular complexity index is 839. The zero-order chi connectivity index (χ0) is 17.1. The first-order valence-corrected chi connectivity index (χ1v) is 8.23. The van der Waals surface area contributed by atoms with Crippen LogP contribution in [0.4, 0.5) is 0 Å². The van der Waals surface area contributed by atoms with Crippen LogP contribution in [0.25, 0.3) is 0 Å². The minimum absolute atomic E-state index is 0.111. The molecule has 2 aromatic carbocycles. The topological polar surface area (TPSA) is 48.4 Å². The van der Waals surface area contributed by atoms with Gasteiger partial charge in [-0.05, 0) is 23.8 Å². The van der Waals surface area contributed by atoms with E-state index in [9.17, 15) is 4.79 Å². The molecule has 0 fully saturated rings. The zero-order valence-electron chi connectivity index (χ0n) is 13.6. The molecule has 0 N–H and O–H groups in total. The van der Waals surface area contributed by atoms with Crippen LogP contribution in [0.5, 0.6) is 11.5 Å². The predicted molar refractivity (Wildman–Crippen MR) is 94.0 cm³/mol. The molecule has 2 heterocycles. The molecule has 0 saturated heterocycles. The van der Waals surface area contributed by atoms with Gasteiger partial charge >= 0.3 is 0 Å². The van der Waals surface area contributed by atoms with Gasteiger partial charge in [-0.15, -0.1) is 0 Å². The van der Waals surface area contributed by atoms with E-state index in [1.54, 1.807) is 24.5 Å². The van der Waals surface area contributed by atoms with Crippen molar-refractivity contribution < 1.29 is 14.3 Å². The van der Waals surface area contributed by atoms with Crippen LogP contribution < -0.4 is 9.47 Å². The van der Waals surface area contributed by atoms with Crippen molar-refractivity contribution in [1.82, 2.24) is 4.98 Å². The van der Waals surface area contributed by atoms with E-state index < -0.39 is 0 Å². The Morgan fingerprint density at radius 3 is 2.64 bits per heavy atom. The van der Waals surface area contributed by atoms with Gasteiger partial charge in [0.2, 0.25) is 0 Å². The first-order chi connectivity index (χ1) is 12.3. The van der Waals surface area contributed by atoms with Gasteiger partial charge in [0.15, 0.2) is 11.9 Å². The van der Waals surface area contributed by atoms with Crippen molar-refractivity contribution in [3.63, 3.8) is 0 Å². The van der Waals surface area contributed by atoms with Crippen LogP contribution in [0.2, 0.25) is 0 Å². The van der Waals surface area contributed by atoms with E-state index in [1.807, 2.05) is 48.5 Å². The number of hydrogen-bond acceptors (Lipinski definition) is 4. The second-order valence-corrected chi connectivity index (χ2v) is 5.87. The van der Waals surface area contributed by atoms with Crippen LogP contribution in [-0.4, -0.2) is 17.4 Å². The number of carbonyl (C=O) groups excluding carboxylic acids is 1. The molecule has 0 unspecified atom stereocenters. The normalized spacial score (nSPS) is 14.3. The molecule has 1 aliphatic heterocycles. The van der Waals surface area contributed by atoms with Crippen molar-refractivity contribution in [1.29, 1.82) is 0 Å². The van der Waals surface area contributed by atoms with E-state index in [0.29, 0.717) is 30.1 Å². The van der Waals surface area contributed by atoms with Gasteiger partial charge in [-0.2, -0.15) is 0 Å². The van der Waals surface area contributed by atoms with E-state index in [1.165, 1.54) is 0 Å². The van der Waals surface area contributed by atoms with E-state index in [4.69, 9.17) is 9.47 Å². The standard InChI is InChI=1S/C21H17NO3/c23-19-10-12-24-20-13-17(8-9-18(19)20)25-21(15-5-2-1-3-6-15)16-7-4-11-22-14-16/h1-9,11,13-14,21H,10,12H2/t21-/m1/s1. The van der Waals surface area contributed by atoms with Crippen molar-refractivity contribution in [2.45, 2.75) is 12.5 Å². The molecule has 4 nitrogen and oxygen atoms in total. The summed E-state index contributed by atoms with van der Waals surface area (Å²) in [6.45, 7) is 0.417. The van der Waals surface area contributed by atoms with Crippen LogP contribution >= 0.6 is 0 Å². The molecule has 3 aromatic rings. The maximum atomic E-state index is 11.9. The van der Waals surface area contributed by atoms with Gasteiger partial charge in [0.05, 0.1) is 12.2 Å². The summed E-state index contributed by atoms with van der Waals surface area (Å²) < 4.78 is 11.9. The van der Waals surface area contributed by atoms with Crippen LogP contribution in [0, 0.1) is 0 Å². The van der Waals surface area contributed by atoms with Crippen molar-refractivity contribution in [3.05, 3.63) is 89.7 Å². The van der Waals surface area contributed by atoms with E-state index in [0.717, 1.165) is 11.1 Å². The molecule has 124 valence electrons. The quantitative estimate of drug-likeness (QED) is 0.718. The molecule has 1 aromatic heterocycles. The molecular formula is C21H17NO3. The summed E-state index contributed by atoms with van der Waals surface area (Å²) >= 11 is 0. The zero-order valence-corrected chi connectivity index (χ0v) is 13.6. The van der Waals surface area contributed by atoms with Gasteiger partial charge in [-0.1, -0.05) is 36.4 Å². The number of ketones is 1. The Morgan fingerprint density at radius 1 is 1.00 bits per heavy atom. The van der Waals surface area contributed by atoms with Crippen LogP contribution in [-0.2, 0) is 0 Å². The third-order valence-electron chi connectivity index (χ3n) is 4.18. The fourth-order valence-electron chi connectivity index (χ4n) is 2.94. The lowest BCUT2D eigenvalue weighted by Crippen LogP contribution is -2.15. The number of aromatic nitrogens is 1. The number of pyridine rings is 1. The largest absolute Gasteiger partial charge is 0.492 e. The number of ether oxygens (including phenoxy) is 2. The highest BCUT2D eigenvalue weighted by Crippen LogP contribution is 2.33. The molecular weight excluding hydrogens is 314 g/mol. The summed E-state index contributed by atoms with van der Waals surface area (Å²) in [5, 5.41) is 0. The second kappa shape index (κ2) is 6.77. The molecule has 0 radical (unpaired) electrons. The summed E-state index contributed by atoms with van der Waals surface area (Å²) in [6.07, 6.45) is 3.68. The van der Waals surface area contributed by atoms with Crippen LogP contribution in [0.3, 0.4) is 0 Å². The van der Waals surface area contributed by atoms with Gasteiger partial charge in [0, 0.05) is 30.4 Å². The van der Waals surface area contributed by atoms with Gasteiger partial charge in [-0.3, -0.25) is 9.78 Å². The number of benzene rings is 2. The molecule has 1 atom stereocenters. The Balaban J connectivity index is 1.69. The van der Waals surface area contributed by atoms with Crippen LogP contribution in [0.15, 0.2) is 73.1 Å². The van der Waals surface area contributed by atoms with Gasteiger partial charge in [0.25, 0.3) is 0 Å². The third-order valence-corrected chi connectivity index (χ3v) is 4.18. The van der Waals surface area contributed by atoms with Crippen molar-refractivity contribution in [2.75, 3.05) is 6.61 Å². The number of nitrogens with zero attached hydrogens (tertiary/aromatic N) is 1. The summed E-state index contributed by atoms with van der Waals surface area (Å²) in [5.41, 5.74) is 2.62. The summed E-state index contributed by atoms with van der Waals surface area (Å²) in [7, 11) is 0. The van der Waals surface area contributed by atoms with Crippen LogP contribution in [0.1, 0.15) is 34.0 Å². The Labute approximate surface area is 146 Å². The van der Waals surface area contributed by atoms with Crippen molar-refractivity contribution in [2.24, 2.45) is 0 Å². The number of rotatable bonds is 4. The summed E-state index contributed by atoms with van der Waals surface area (Å²) in [5.74, 6) is 1.36. The SMILES string of the molecule is O=C1CCOc2cc(O[C@H](c3ccccc3)c3cccnc3)ccc21. The second-order valence-electron chi connectivity index (χ2n) is 5.87. The average molecular weight is 331 g/mol. The third kappa shape index (κ3) is 3.24. The van der Waals surface area contributed by atoms with Crippen molar-refractivity contribution >= 4 is 5.78 Å². The highest BCUT2D eigenvalue weighted by molar-refractivity contribution is 5.99. The Morgan fingerprint density at radius 2 is 1.84 bits per heavy atom. The fraction of sp³-hybridized carbons (Fsp3) is 0.143. The van der Waals surface area contributed by atoms with E-state index in [-0.39, 0.29) is 11.9 Å². The lowest BCUT2D eigenvalue weighted by molar-refractivity contribution is 0.0933. The molecule has 4 rings (SSSR count). The summed E-state index contributed by atoms with van der Waals surface area (Å²) in [6, 6.07) is 19.3. The highest BCUT2D eigenvalue weighted by atomic mass is 16.5. The summed E-state index contributed by atoms with van der Waals surface area (Å²) in [4.78, 5) is 16.1. The molecule has 0 spiro atoms. The number of fused-ring (bicyclic) bond motifs is 1. The maximum Gasteiger partial charge on any atom is 0.169 e. The predicted octanol–water partition coefficient (Wildman–Crippen LogP) is 4.22. The minimum atomic E-state index is -0.285. The van der Waals surface area contributed by atoms with E-state index in [2.05, 4.69) is 4.98 Å². The highest BCUT2D eigenvalue weighted by Gasteiger charge is 2.21. The number of Topliss-reactive ketones (excluding diaryl/α,β-unsaturated/α-hetero) is 1. The maximum absolute atomic E-state index is 11.9. The smallest absolute Gasteiger partial charge is 0.169 e. The lowest BCUT2D eigenvalue weighted by Gasteiger charge is -2.22. The molecule has 0 bridgehead atoms. The van der Waals surface area contributed by atoms with Gasteiger partial charge in [-0.25, -0.2) is 0 Å². The van der Waals surface area contributed by atoms with Gasteiger partial charge in [0.1, 0.15) is 11.5 Å². The average Bonchev–Trinajstić information content (AvgIpc) is 2.68.